The van der Waals surface area contributed by atoms with Crippen LogP contribution in [0.3, 0.4) is 0 Å². The van der Waals surface area contributed by atoms with Crippen LogP contribution >= 0.6 is 0 Å². The summed E-state index contributed by atoms with van der Waals surface area (Å²) in [6, 6.07) is 8.23. The average molecular weight is 295 g/mol. The Hall–Kier alpha value is -2.23. The SMILES string of the molecule is CC(=O)N1CCCCC1c1cncc(-c2ccccc2C)n1. The number of carbonyl (C=O) groups is 1. The van der Waals surface area contributed by atoms with E-state index in [9.17, 15) is 4.79 Å². The molecule has 0 bridgehead atoms. The van der Waals surface area contributed by atoms with Gasteiger partial charge in [0.15, 0.2) is 0 Å². The maximum atomic E-state index is 11.9. The van der Waals surface area contributed by atoms with Gasteiger partial charge in [-0.05, 0) is 31.7 Å². The standard InChI is InChI=1S/C18H21N3O/c1-13-7-3-4-8-15(13)16-11-19-12-17(20-16)18-9-5-6-10-21(18)14(2)22/h3-4,7-8,11-12,18H,5-6,9-10H2,1-2H3. The molecule has 1 saturated heterocycles. The molecule has 0 spiro atoms. The highest BCUT2D eigenvalue weighted by molar-refractivity contribution is 5.74. The van der Waals surface area contributed by atoms with E-state index in [0.29, 0.717) is 0 Å². The molecule has 2 aromatic rings. The molecule has 1 amide bonds. The van der Waals surface area contributed by atoms with Crippen LogP contribution in [0.25, 0.3) is 11.3 Å². The van der Waals surface area contributed by atoms with E-state index in [1.807, 2.05) is 17.0 Å². The van der Waals surface area contributed by atoms with Crippen LogP contribution in [0.4, 0.5) is 0 Å². The van der Waals surface area contributed by atoms with E-state index in [0.717, 1.165) is 42.8 Å². The van der Waals surface area contributed by atoms with Crippen molar-refractivity contribution in [3.63, 3.8) is 0 Å². The highest BCUT2D eigenvalue weighted by Gasteiger charge is 2.27. The molecular formula is C18H21N3O. The third kappa shape index (κ3) is 2.86. The lowest BCUT2D eigenvalue weighted by atomic mass is 9.99. The second-order valence-electron chi connectivity index (χ2n) is 5.87. The van der Waals surface area contributed by atoms with E-state index in [2.05, 4.69) is 24.0 Å². The molecule has 1 atom stereocenters. The van der Waals surface area contributed by atoms with E-state index in [1.54, 1.807) is 19.3 Å². The van der Waals surface area contributed by atoms with Crippen molar-refractivity contribution in [2.24, 2.45) is 0 Å². The largest absolute Gasteiger partial charge is 0.334 e. The number of hydrogen-bond donors (Lipinski definition) is 0. The van der Waals surface area contributed by atoms with Crippen LogP contribution in [0.2, 0.25) is 0 Å². The third-order valence-electron chi connectivity index (χ3n) is 4.32. The molecule has 4 heteroatoms. The number of piperidine rings is 1. The maximum absolute atomic E-state index is 11.9. The predicted molar refractivity (Wildman–Crippen MR) is 86.2 cm³/mol. The first-order valence-corrected chi connectivity index (χ1v) is 7.82. The number of amides is 1. The lowest BCUT2D eigenvalue weighted by molar-refractivity contribution is -0.132. The highest BCUT2D eigenvalue weighted by atomic mass is 16.2. The number of aryl methyl sites for hydroxylation is 1. The summed E-state index contributed by atoms with van der Waals surface area (Å²) in [6.45, 7) is 4.53. The van der Waals surface area contributed by atoms with E-state index in [-0.39, 0.29) is 11.9 Å². The van der Waals surface area contributed by atoms with Gasteiger partial charge in [0.1, 0.15) is 0 Å². The number of likely N-dealkylation sites (tertiary alicyclic amines) is 1. The summed E-state index contributed by atoms with van der Waals surface area (Å²) in [5.74, 6) is 0.118. The van der Waals surface area contributed by atoms with Gasteiger partial charge in [0.2, 0.25) is 5.91 Å². The number of aromatic nitrogens is 2. The van der Waals surface area contributed by atoms with Gasteiger partial charge in [-0.3, -0.25) is 9.78 Å². The van der Waals surface area contributed by atoms with Crippen LogP contribution in [0.5, 0.6) is 0 Å². The minimum absolute atomic E-state index is 0.0581. The zero-order valence-corrected chi connectivity index (χ0v) is 13.1. The normalized spacial score (nSPS) is 18.3. The minimum atomic E-state index is 0.0581. The van der Waals surface area contributed by atoms with Crippen molar-refractivity contribution in [2.75, 3.05) is 6.54 Å². The Morgan fingerprint density at radius 2 is 2.05 bits per heavy atom. The predicted octanol–water partition coefficient (Wildman–Crippen LogP) is 3.53. The molecule has 0 saturated carbocycles. The molecule has 0 radical (unpaired) electrons. The zero-order valence-electron chi connectivity index (χ0n) is 13.1. The van der Waals surface area contributed by atoms with Crippen LogP contribution in [-0.2, 0) is 4.79 Å². The quantitative estimate of drug-likeness (QED) is 0.851. The highest BCUT2D eigenvalue weighted by Crippen LogP contribution is 2.31. The molecule has 1 aromatic carbocycles. The van der Waals surface area contributed by atoms with Crippen molar-refractivity contribution in [1.82, 2.24) is 14.9 Å². The average Bonchev–Trinajstić information content (AvgIpc) is 2.55. The van der Waals surface area contributed by atoms with E-state index < -0.39 is 0 Å². The van der Waals surface area contributed by atoms with E-state index >= 15 is 0 Å². The Kier molecular flexibility index (Phi) is 4.18. The molecule has 0 aliphatic carbocycles. The lowest BCUT2D eigenvalue weighted by Crippen LogP contribution is -2.37. The lowest BCUT2D eigenvalue weighted by Gasteiger charge is -2.34. The monoisotopic (exact) mass is 295 g/mol. The molecule has 1 unspecified atom stereocenters. The summed E-state index contributed by atoms with van der Waals surface area (Å²) in [7, 11) is 0. The van der Waals surface area contributed by atoms with Crippen molar-refractivity contribution in [3.8, 4) is 11.3 Å². The topological polar surface area (TPSA) is 46.1 Å². The first kappa shape index (κ1) is 14.7. The first-order valence-electron chi connectivity index (χ1n) is 7.82. The third-order valence-corrected chi connectivity index (χ3v) is 4.32. The van der Waals surface area contributed by atoms with Crippen LogP contribution in [0.15, 0.2) is 36.7 Å². The molecular weight excluding hydrogens is 274 g/mol. The summed E-state index contributed by atoms with van der Waals surface area (Å²) >= 11 is 0. The van der Waals surface area contributed by atoms with Crippen molar-refractivity contribution >= 4 is 5.91 Å². The number of rotatable bonds is 2. The molecule has 3 rings (SSSR count). The summed E-state index contributed by atoms with van der Waals surface area (Å²) in [6.07, 6.45) is 6.76. The zero-order chi connectivity index (χ0) is 15.5. The van der Waals surface area contributed by atoms with Crippen molar-refractivity contribution < 1.29 is 4.79 Å². The van der Waals surface area contributed by atoms with Crippen LogP contribution in [0, 0.1) is 6.92 Å². The molecule has 114 valence electrons. The van der Waals surface area contributed by atoms with Crippen LogP contribution < -0.4 is 0 Å². The fourth-order valence-electron chi connectivity index (χ4n) is 3.15. The number of nitrogens with zero attached hydrogens (tertiary/aromatic N) is 3. The Bertz CT molecular complexity index is 684. The number of hydrogen-bond acceptors (Lipinski definition) is 3. The minimum Gasteiger partial charge on any atom is -0.334 e. The summed E-state index contributed by atoms with van der Waals surface area (Å²) in [4.78, 5) is 23.0. The second kappa shape index (κ2) is 6.26. The Morgan fingerprint density at radius 1 is 1.23 bits per heavy atom. The summed E-state index contributed by atoms with van der Waals surface area (Å²) < 4.78 is 0. The Labute approximate surface area is 131 Å². The second-order valence-corrected chi connectivity index (χ2v) is 5.87. The molecule has 0 N–H and O–H groups in total. The number of carbonyl (C=O) groups excluding carboxylic acids is 1. The molecule has 1 aliphatic rings. The van der Waals surface area contributed by atoms with Gasteiger partial charge in [-0.1, -0.05) is 24.3 Å². The van der Waals surface area contributed by atoms with Crippen molar-refractivity contribution in [2.45, 2.75) is 39.2 Å². The summed E-state index contributed by atoms with van der Waals surface area (Å²) in [5, 5.41) is 0. The van der Waals surface area contributed by atoms with Gasteiger partial charge in [-0.2, -0.15) is 0 Å². The van der Waals surface area contributed by atoms with E-state index in [1.165, 1.54) is 5.56 Å². The van der Waals surface area contributed by atoms with Gasteiger partial charge in [0.25, 0.3) is 0 Å². The fourth-order valence-corrected chi connectivity index (χ4v) is 3.15. The van der Waals surface area contributed by atoms with Gasteiger partial charge >= 0.3 is 0 Å². The van der Waals surface area contributed by atoms with Gasteiger partial charge in [-0.15, -0.1) is 0 Å². The molecule has 22 heavy (non-hydrogen) atoms. The van der Waals surface area contributed by atoms with Crippen molar-refractivity contribution in [3.05, 3.63) is 47.9 Å². The number of benzene rings is 1. The molecule has 4 nitrogen and oxygen atoms in total. The summed E-state index contributed by atoms with van der Waals surface area (Å²) in [5.41, 5.74) is 4.06. The first-order chi connectivity index (χ1) is 10.7. The van der Waals surface area contributed by atoms with E-state index in [4.69, 9.17) is 4.98 Å². The fraction of sp³-hybridized carbons (Fsp3) is 0.389. The van der Waals surface area contributed by atoms with Crippen LogP contribution in [-0.4, -0.2) is 27.3 Å². The Balaban J connectivity index is 1.97. The molecule has 2 heterocycles. The molecule has 1 fully saturated rings. The van der Waals surface area contributed by atoms with Gasteiger partial charge in [-0.25, -0.2) is 4.98 Å². The molecule has 1 aliphatic heterocycles. The van der Waals surface area contributed by atoms with Gasteiger partial charge in [0.05, 0.1) is 29.8 Å². The van der Waals surface area contributed by atoms with Crippen LogP contribution in [0.1, 0.15) is 43.5 Å². The Morgan fingerprint density at radius 3 is 2.82 bits per heavy atom. The smallest absolute Gasteiger partial charge is 0.220 e. The van der Waals surface area contributed by atoms with Gasteiger partial charge < -0.3 is 4.90 Å². The van der Waals surface area contributed by atoms with Crippen molar-refractivity contribution in [1.29, 1.82) is 0 Å². The maximum Gasteiger partial charge on any atom is 0.220 e. The molecule has 1 aromatic heterocycles. The van der Waals surface area contributed by atoms with Gasteiger partial charge in [0, 0.05) is 19.0 Å².